The number of piperazine rings is 1. The van der Waals surface area contributed by atoms with Gasteiger partial charge in [-0.3, -0.25) is 9.69 Å². The summed E-state index contributed by atoms with van der Waals surface area (Å²) in [5.41, 5.74) is 1.48. The van der Waals surface area contributed by atoms with Crippen molar-refractivity contribution >= 4 is 11.6 Å². The Hall–Kier alpha value is -1.69. The number of anilines is 1. The monoisotopic (exact) mass is 359 g/mol. The second kappa shape index (κ2) is 7.91. The van der Waals surface area contributed by atoms with Gasteiger partial charge in [-0.2, -0.15) is 0 Å². The number of carbonyl (C=O) groups is 1. The highest BCUT2D eigenvalue weighted by Gasteiger charge is 2.37. The molecule has 1 aliphatic carbocycles. The molecule has 1 aromatic heterocycles. The Labute approximate surface area is 157 Å². The smallest absolute Gasteiger partial charge is 0.288 e. The maximum atomic E-state index is 11.6. The summed E-state index contributed by atoms with van der Waals surface area (Å²) in [6.45, 7) is 11.4. The van der Waals surface area contributed by atoms with Crippen molar-refractivity contribution in [2.24, 2.45) is 11.3 Å². The lowest BCUT2D eigenvalue weighted by molar-refractivity contribution is 0.0952. The number of nitrogens with zero attached hydrogens (tertiary/aromatic N) is 4. The highest BCUT2D eigenvalue weighted by Crippen LogP contribution is 2.43. The van der Waals surface area contributed by atoms with Crippen LogP contribution in [0.25, 0.3) is 0 Å². The van der Waals surface area contributed by atoms with E-state index in [1.165, 1.54) is 25.7 Å². The van der Waals surface area contributed by atoms with Gasteiger partial charge in [-0.15, -0.1) is 0 Å². The lowest BCUT2D eigenvalue weighted by Gasteiger charge is -2.39. The van der Waals surface area contributed by atoms with Gasteiger partial charge in [0.15, 0.2) is 0 Å². The van der Waals surface area contributed by atoms with E-state index in [0.29, 0.717) is 5.41 Å². The van der Waals surface area contributed by atoms with Gasteiger partial charge in [0.05, 0.1) is 18.1 Å². The summed E-state index contributed by atoms with van der Waals surface area (Å²) >= 11 is 0. The van der Waals surface area contributed by atoms with Crippen LogP contribution >= 0.6 is 0 Å². The summed E-state index contributed by atoms with van der Waals surface area (Å²) < 4.78 is 0. The van der Waals surface area contributed by atoms with Gasteiger partial charge in [-0.1, -0.05) is 27.2 Å². The predicted octanol–water partition coefficient (Wildman–Crippen LogP) is 2.56. The molecule has 144 valence electrons. The maximum Gasteiger partial charge on any atom is 0.288 e. The fourth-order valence-corrected chi connectivity index (χ4v) is 4.35. The molecule has 1 saturated carbocycles. The van der Waals surface area contributed by atoms with Crippen molar-refractivity contribution in [2.45, 2.75) is 52.5 Å². The molecular formula is C20H33N5O. The summed E-state index contributed by atoms with van der Waals surface area (Å²) in [4.78, 5) is 24.9. The molecule has 0 bridgehead atoms. The number of aromatic nitrogens is 2. The number of nitrogens with one attached hydrogen (secondary N) is 1. The molecule has 1 amide bonds. The highest BCUT2D eigenvalue weighted by molar-refractivity contribution is 5.90. The third kappa shape index (κ3) is 4.00. The molecule has 2 heterocycles. The zero-order chi connectivity index (χ0) is 18.7. The summed E-state index contributed by atoms with van der Waals surface area (Å²) in [5.74, 6) is 0.846. The Balaban J connectivity index is 1.52. The average molecular weight is 360 g/mol. The van der Waals surface area contributed by atoms with Crippen LogP contribution in [0.3, 0.4) is 0 Å². The summed E-state index contributed by atoms with van der Waals surface area (Å²) in [6.07, 6.45) is 8.87. The first-order valence-corrected chi connectivity index (χ1v) is 9.97. The Bertz CT molecular complexity index is 607. The molecule has 26 heavy (non-hydrogen) atoms. The van der Waals surface area contributed by atoms with Crippen LogP contribution in [0.1, 0.15) is 57.1 Å². The Morgan fingerprint density at radius 2 is 1.85 bits per heavy atom. The van der Waals surface area contributed by atoms with E-state index in [1.807, 2.05) is 0 Å². The molecule has 2 unspecified atom stereocenters. The van der Waals surface area contributed by atoms with E-state index in [2.05, 4.69) is 45.9 Å². The molecule has 2 atom stereocenters. The SMILES string of the molecule is CCC(C)(C)C1CCC(N2CCN(c3cnc(C(=O)NC)nc3)CC2)C1. The predicted molar refractivity (Wildman–Crippen MR) is 104 cm³/mol. The normalized spacial score (nSPS) is 24.7. The summed E-state index contributed by atoms with van der Waals surface area (Å²) in [7, 11) is 1.59. The zero-order valence-electron chi connectivity index (χ0n) is 16.7. The lowest BCUT2D eigenvalue weighted by atomic mass is 9.76. The van der Waals surface area contributed by atoms with E-state index in [-0.39, 0.29) is 11.7 Å². The van der Waals surface area contributed by atoms with Crippen molar-refractivity contribution < 1.29 is 4.79 Å². The molecule has 1 aromatic rings. The first-order chi connectivity index (χ1) is 12.4. The van der Waals surface area contributed by atoms with Gasteiger partial charge in [0.2, 0.25) is 5.82 Å². The number of hydrogen-bond acceptors (Lipinski definition) is 5. The number of carbonyl (C=O) groups excluding carboxylic acids is 1. The van der Waals surface area contributed by atoms with E-state index < -0.39 is 0 Å². The minimum Gasteiger partial charge on any atom is -0.366 e. The summed E-state index contributed by atoms with van der Waals surface area (Å²) in [5, 5.41) is 2.55. The van der Waals surface area contributed by atoms with Gasteiger partial charge in [0, 0.05) is 39.3 Å². The Kier molecular flexibility index (Phi) is 5.80. The number of hydrogen-bond donors (Lipinski definition) is 1. The molecule has 2 fully saturated rings. The fourth-order valence-electron chi connectivity index (χ4n) is 4.35. The van der Waals surface area contributed by atoms with Gasteiger partial charge in [-0.05, 0) is 30.6 Å². The van der Waals surface area contributed by atoms with E-state index in [0.717, 1.165) is 43.8 Å². The van der Waals surface area contributed by atoms with Crippen LogP contribution in [0.15, 0.2) is 12.4 Å². The van der Waals surface area contributed by atoms with Gasteiger partial charge >= 0.3 is 0 Å². The van der Waals surface area contributed by atoms with Gasteiger partial charge in [-0.25, -0.2) is 9.97 Å². The molecule has 0 radical (unpaired) electrons. The molecule has 6 nitrogen and oxygen atoms in total. The maximum absolute atomic E-state index is 11.6. The van der Waals surface area contributed by atoms with Crippen LogP contribution in [0.2, 0.25) is 0 Å². The molecule has 2 aliphatic rings. The van der Waals surface area contributed by atoms with Crippen molar-refractivity contribution in [3.63, 3.8) is 0 Å². The zero-order valence-corrected chi connectivity index (χ0v) is 16.7. The van der Waals surface area contributed by atoms with Crippen LogP contribution < -0.4 is 10.2 Å². The number of amides is 1. The minimum absolute atomic E-state index is 0.227. The van der Waals surface area contributed by atoms with Crippen LogP contribution in [0.4, 0.5) is 5.69 Å². The summed E-state index contributed by atoms with van der Waals surface area (Å²) in [6, 6.07) is 0.750. The molecule has 0 aromatic carbocycles. The Morgan fingerprint density at radius 1 is 1.19 bits per heavy atom. The minimum atomic E-state index is -0.243. The van der Waals surface area contributed by atoms with Crippen LogP contribution in [0.5, 0.6) is 0 Å². The van der Waals surface area contributed by atoms with Gasteiger partial charge < -0.3 is 10.2 Å². The topological polar surface area (TPSA) is 61.4 Å². The third-order valence-electron chi connectivity index (χ3n) is 6.69. The van der Waals surface area contributed by atoms with Crippen molar-refractivity contribution in [3.05, 3.63) is 18.2 Å². The third-order valence-corrected chi connectivity index (χ3v) is 6.69. The standard InChI is InChI=1S/C20H33N5O/c1-5-20(2,3)15-6-7-16(12-15)24-8-10-25(11-9-24)17-13-22-18(23-14-17)19(26)21-4/h13-16H,5-12H2,1-4H3,(H,21,26). The first-order valence-electron chi connectivity index (χ1n) is 9.97. The van der Waals surface area contributed by atoms with Crippen molar-refractivity contribution in [1.82, 2.24) is 20.2 Å². The molecule has 1 aliphatic heterocycles. The molecule has 3 rings (SSSR count). The molecule has 6 heteroatoms. The lowest BCUT2D eigenvalue weighted by Crippen LogP contribution is -2.50. The highest BCUT2D eigenvalue weighted by atomic mass is 16.2. The van der Waals surface area contributed by atoms with Crippen LogP contribution in [-0.4, -0.2) is 60.0 Å². The van der Waals surface area contributed by atoms with Crippen molar-refractivity contribution in [3.8, 4) is 0 Å². The molecule has 0 spiro atoms. The molecule has 1 saturated heterocycles. The van der Waals surface area contributed by atoms with Gasteiger partial charge in [0.1, 0.15) is 0 Å². The van der Waals surface area contributed by atoms with Gasteiger partial charge in [0.25, 0.3) is 5.91 Å². The van der Waals surface area contributed by atoms with E-state index >= 15 is 0 Å². The second-order valence-corrected chi connectivity index (χ2v) is 8.37. The van der Waals surface area contributed by atoms with Crippen molar-refractivity contribution in [2.75, 3.05) is 38.1 Å². The molecular weight excluding hydrogens is 326 g/mol. The first kappa shape index (κ1) is 19.1. The van der Waals surface area contributed by atoms with E-state index in [4.69, 9.17) is 0 Å². The van der Waals surface area contributed by atoms with Crippen LogP contribution in [0, 0.1) is 11.3 Å². The molecule has 1 N–H and O–H groups in total. The largest absolute Gasteiger partial charge is 0.366 e. The Morgan fingerprint density at radius 3 is 2.42 bits per heavy atom. The number of rotatable bonds is 5. The second-order valence-electron chi connectivity index (χ2n) is 8.37. The quantitative estimate of drug-likeness (QED) is 0.875. The average Bonchev–Trinajstić information content (AvgIpc) is 3.19. The van der Waals surface area contributed by atoms with Crippen molar-refractivity contribution in [1.29, 1.82) is 0 Å². The fraction of sp³-hybridized carbons (Fsp3) is 0.750. The van der Waals surface area contributed by atoms with E-state index in [1.54, 1.807) is 19.4 Å². The van der Waals surface area contributed by atoms with Crippen LogP contribution in [-0.2, 0) is 0 Å². The van der Waals surface area contributed by atoms with E-state index in [9.17, 15) is 4.79 Å².